The quantitative estimate of drug-likeness (QED) is 0.824. The second-order valence-corrected chi connectivity index (χ2v) is 3.55. The van der Waals surface area contributed by atoms with Crippen LogP contribution in [0.1, 0.15) is 6.92 Å². The summed E-state index contributed by atoms with van der Waals surface area (Å²) in [7, 11) is 0. The summed E-state index contributed by atoms with van der Waals surface area (Å²) in [5.41, 5.74) is 0.559. The number of carbonyl (C=O) groups is 1. The van der Waals surface area contributed by atoms with E-state index in [0.29, 0.717) is 10.7 Å². The highest BCUT2D eigenvalue weighted by atomic mass is 35.5. The van der Waals surface area contributed by atoms with Crippen molar-refractivity contribution >= 4 is 35.0 Å². The highest BCUT2D eigenvalue weighted by molar-refractivity contribution is 6.31. The molecule has 84 valence electrons. The number of ether oxygens (including phenoxy) is 1. The molecule has 1 unspecified atom stereocenters. The van der Waals surface area contributed by atoms with Gasteiger partial charge in [-0.1, -0.05) is 17.7 Å². The third kappa shape index (κ3) is 4.43. The van der Waals surface area contributed by atoms with Gasteiger partial charge in [0.1, 0.15) is 0 Å². The van der Waals surface area contributed by atoms with E-state index < -0.39 is 12.2 Å². The zero-order valence-electron chi connectivity index (χ0n) is 8.46. The molecule has 0 aromatic heterocycles. The average molecular weight is 258 g/mol. The molecule has 16 heavy (non-hydrogen) atoms. The van der Waals surface area contributed by atoms with Crippen molar-refractivity contribution in [2.75, 3.05) is 5.32 Å². The average Bonchev–Trinajstić information content (AvgIpc) is 2.17. The lowest BCUT2D eigenvalue weighted by Gasteiger charge is -2.08. The highest BCUT2D eigenvalue weighted by Gasteiger charge is 2.06. The third-order valence-electron chi connectivity index (χ3n) is 1.61. The molecule has 0 fully saturated rings. The van der Waals surface area contributed by atoms with E-state index in [1.54, 1.807) is 31.2 Å². The number of nitrogens with one attached hydrogen (secondary N) is 1. The van der Waals surface area contributed by atoms with Crippen LogP contribution in [0.15, 0.2) is 24.3 Å². The van der Waals surface area contributed by atoms with E-state index in [0.717, 1.165) is 0 Å². The normalized spacial score (nSPS) is 10.9. The molecule has 0 radical (unpaired) electrons. The summed E-state index contributed by atoms with van der Waals surface area (Å²) in [6, 6.07) is 6.74. The fourth-order valence-electron chi connectivity index (χ4n) is 0.980. The molecule has 0 heterocycles. The van der Waals surface area contributed by atoms with Gasteiger partial charge < -0.3 is 4.74 Å². The standard InChI is InChI=1S/C11H9Cl2NO2/c1-8(5-6-12)16-11(15)14-10-4-2-3-9(13)7-10/h2-4,7-8H,1H3,(H,14,15). The van der Waals surface area contributed by atoms with E-state index in [-0.39, 0.29) is 0 Å². The van der Waals surface area contributed by atoms with E-state index in [9.17, 15) is 4.79 Å². The third-order valence-corrected chi connectivity index (χ3v) is 1.96. The van der Waals surface area contributed by atoms with Gasteiger partial charge in [0.05, 0.1) is 0 Å². The van der Waals surface area contributed by atoms with Crippen LogP contribution in [0.4, 0.5) is 10.5 Å². The Labute approximate surface area is 104 Å². The Hall–Kier alpha value is -1.37. The van der Waals surface area contributed by atoms with Gasteiger partial charge in [0.2, 0.25) is 0 Å². The minimum atomic E-state index is -0.603. The summed E-state index contributed by atoms with van der Waals surface area (Å²) in [5, 5.41) is 5.19. The lowest BCUT2D eigenvalue weighted by Crippen LogP contribution is -2.18. The van der Waals surface area contributed by atoms with Gasteiger partial charge in [-0.2, -0.15) is 0 Å². The van der Waals surface area contributed by atoms with Crippen molar-refractivity contribution in [1.29, 1.82) is 0 Å². The van der Waals surface area contributed by atoms with Crippen molar-refractivity contribution in [1.82, 2.24) is 0 Å². The van der Waals surface area contributed by atoms with E-state index in [4.69, 9.17) is 27.9 Å². The number of amides is 1. The molecule has 0 spiro atoms. The molecule has 1 aromatic rings. The molecule has 1 amide bonds. The molecule has 5 heteroatoms. The zero-order chi connectivity index (χ0) is 12.0. The van der Waals surface area contributed by atoms with Crippen molar-refractivity contribution in [3.8, 4) is 11.3 Å². The predicted molar refractivity (Wildman–Crippen MR) is 64.6 cm³/mol. The van der Waals surface area contributed by atoms with Crippen LogP contribution in [0.3, 0.4) is 0 Å². The van der Waals surface area contributed by atoms with E-state index >= 15 is 0 Å². The Morgan fingerprint density at radius 1 is 1.56 bits per heavy atom. The lowest BCUT2D eigenvalue weighted by atomic mass is 10.3. The fourth-order valence-corrected chi connectivity index (χ4v) is 1.32. The summed E-state index contributed by atoms with van der Waals surface area (Å²) in [6.07, 6.45) is -1.16. The van der Waals surface area contributed by atoms with Gasteiger partial charge >= 0.3 is 6.09 Å². The van der Waals surface area contributed by atoms with Crippen LogP contribution >= 0.6 is 23.2 Å². The van der Waals surface area contributed by atoms with E-state index in [1.165, 1.54) is 0 Å². The van der Waals surface area contributed by atoms with Gasteiger partial charge in [0.15, 0.2) is 6.10 Å². The van der Waals surface area contributed by atoms with Gasteiger partial charge in [-0.15, -0.1) is 0 Å². The summed E-state index contributed by atoms with van der Waals surface area (Å²) in [4.78, 5) is 11.3. The number of halogens is 2. The molecule has 1 atom stereocenters. The SMILES string of the molecule is CC(C#CCl)OC(=O)Nc1cccc(Cl)c1. The minimum Gasteiger partial charge on any atom is -0.433 e. The Morgan fingerprint density at radius 2 is 2.31 bits per heavy atom. The Balaban J connectivity index is 2.54. The van der Waals surface area contributed by atoms with Gasteiger partial charge in [0.25, 0.3) is 0 Å². The van der Waals surface area contributed by atoms with Crippen molar-refractivity contribution in [2.45, 2.75) is 13.0 Å². The topological polar surface area (TPSA) is 38.3 Å². The number of rotatable bonds is 2. The second kappa shape index (κ2) is 6.26. The molecular formula is C11H9Cl2NO2. The first-order valence-corrected chi connectivity index (χ1v) is 5.22. The highest BCUT2D eigenvalue weighted by Crippen LogP contribution is 2.15. The molecule has 3 nitrogen and oxygen atoms in total. The molecule has 0 saturated heterocycles. The van der Waals surface area contributed by atoms with Crippen LogP contribution in [0.5, 0.6) is 0 Å². The summed E-state index contributed by atoms with van der Waals surface area (Å²) < 4.78 is 4.88. The monoisotopic (exact) mass is 257 g/mol. The molecule has 1 rings (SSSR count). The second-order valence-electron chi connectivity index (χ2n) is 2.92. The van der Waals surface area contributed by atoms with Crippen molar-refractivity contribution in [3.63, 3.8) is 0 Å². The van der Waals surface area contributed by atoms with Crippen molar-refractivity contribution in [2.24, 2.45) is 0 Å². The molecule has 0 aliphatic rings. The van der Waals surface area contributed by atoms with Crippen LogP contribution in [-0.2, 0) is 4.74 Å². The number of hydrogen-bond donors (Lipinski definition) is 1. The molecule has 0 aliphatic carbocycles. The van der Waals surface area contributed by atoms with Gasteiger partial charge in [-0.05, 0) is 42.6 Å². The van der Waals surface area contributed by atoms with Gasteiger partial charge in [-0.25, -0.2) is 4.79 Å². The number of hydrogen-bond acceptors (Lipinski definition) is 2. The maximum atomic E-state index is 11.3. The smallest absolute Gasteiger partial charge is 0.412 e. The van der Waals surface area contributed by atoms with Crippen LogP contribution in [-0.4, -0.2) is 12.2 Å². The van der Waals surface area contributed by atoms with Gasteiger partial charge in [-0.3, -0.25) is 5.32 Å². The van der Waals surface area contributed by atoms with Crippen LogP contribution < -0.4 is 5.32 Å². The largest absolute Gasteiger partial charge is 0.433 e. The van der Waals surface area contributed by atoms with Crippen LogP contribution in [0.2, 0.25) is 5.02 Å². The fraction of sp³-hybridized carbons (Fsp3) is 0.182. The van der Waals surface area contributed by atoms with Crippen molar-refractivity contribution < 1.29 is 9.53 Å². The Morgan fingerprint density at radius 3 is 2.94 bits per heavy atom. The first-order chi connectivity index (χ1) is 7.61. The predicted octanol–water partition coefficient (Wildman–Crippen LogP) is 3.48. The van der Waals surface area contributed by atoms with Gasteiger partial charge in [0, 0.05) is 16.1 Å². The minimum absolute atomic E-state index is 0.534. The Kier molecular flexibility index (Phi) is 4.97. The first-order valence-electron chi connectivity index (χ1n) is 4.46. The summed E-state index contributed by atoms with van der Waals surface area (Å²) in [6.45, 7) is 1.62. The summed E-state index contributed by atoms with van der Waals surface area (Å²) >= 11 is 10.9. The summed E-state index contributed by atoms with van der Waals surface area (Å²) in [5.74, 6) is 2.48. The maximum absolute atomic E-state index is 11.3. The molecule has 1 aromatic carbocycles. The molecule has 0 saturated carbocycles. The zero-order valence-corrected chi connectivity index (χ0v) is 9.97. The lowest BCUT2D eigenvalue weighted by molar-refractivity contribution is 0.145. The van der Waals surface area contributed by atoms with Crippen LogP contribution in [0.25, 0.3) is 0 Å². The Bertz CT molecular complexity index is 437. The number of anilines is 1. The number of benzene rings is 1. The molecular weight excluding hydrogens is 249 g/mol. The molecule has 0 aliphatic heterocycles. The first kappa shape index (κ1) is 12.7. The van der Waals surface area contributed by atoms with Crippen molar-refractivity contribution in [3.05, 3.63) is 29.3 Å². The maximum Gasteiger partial charge on any atom is 0.412 e. The van der Waals surface area contributed by atoms with E-state index in [2.05, 4.69) is 16.6 Å². The number of carbonyl (C=O) groups excluding carboxylic acids is 1. The molecule has 1 N–H and O–H groups in total. The molecule has 0 bridgehead atoms. The van der Waals surface area contributed by atoms with E-state index in [1.807, 2.05) is 0 Å². The van der Waals surface area contributed by atoms with Crippen LogP contribution in [0, 0.1) is 11.3 Å².